The van der Waals surface area contributed by atoms with Gasteiger partial charge in [-0.25, -0.2) is 0 Å². The van der Waals surface area contributed by atoms with Crippen LogP contribution in [0.15, 0.2) is 24.3 Å². The minimum absolute atomic E-state index is 0.0626. The zero-order valence-corrected chi connectivity index (χ0v) is 13.4. The third kappa shape index (κ3) is 5.09. The number of benzene rings is 1. The van der Waals surface area contributed by atoms with Crippen LogP contribution in [0.25, 0.3) is 0 Å². The fourth-order valence-electron chi connectivity index (χ4n) is 2.55. The molecule has 0 atom stereocenters. The Hall–Kier alpha value is -2.37. The zero-order valence-electron chi connectivity index (χ0n) is 13.4. The molecular formula is C17H23N3O3. The third-order valence-corrected chi connectivity index (χ3v) is 3.94. The number of carbonyl (C=O) groups is 3. The van der Waals surface area contributed by atoms with Gasteiger partial charge in [-0.05, 0) is 30.5 Å². The van der Waals surface area contributed by atoms with E-state index in [1.54, 1.807) is 24.1 Å². The Morgan fingerprint density at radius 2 is 1.87 bits per heavy atom. The Morgan fingerprint density at radius 3 is 2.57 bits per heavy atom. The molecule has 23 heavy (non-hydrogen) atoms. The van der Waals surface area contributed by atoms with Crippen LogP contribution in [-0.2, 0) is 16.1 Å². The first-order chi connectivity index (χ1) is 11.1. The molecule has 0 aliphatic carbocycles. The van der Waals surface area contributed by atoms with Crippen LogP contribution in [0.4, 0.5) is 0 Å². The number of likely N-dealkylation sites (tertiary alicyclic amines) is 1. The van der Waals surface area contributed by atoms with Gasteiger partial charge in [-0.15, -0.1) is 0 Å². The first kappa shape index (κ1) is 17.0. The van der Waals surface area contributed by atoms with Gasteiger partial charge in [-0.2, -0.15) is 0 Å². The molecule has 1 aromatic rings. The Labute approximate surface area is 136 Å². The number of hydrogen-bond acceptors (Lipinski definition) is 3. The van der Waals surface area contributed by atoms with Crippen LogP contribution in [0, 0.1) is 0 Å². The van der Waals surface area contributed by atoms with Crippen LogP contribution >= 0.6 is 0 Å². The van der Waals surface area contributed by atoms with Gasteiger partial charge >= 0.3 is 0 Å². The molecule has 0 aromatic heterocycles. The van der Waals surface area contributed by atoms with Gasteiger partial charge in [0.1, 0.15) is 0 Å². The van der Waals surface area contributed by atoms with Crippen LogP contribution in [0.2, 0.25) is 0 Å². The van der Waals surface area contributed by atoms with Crippen LogP contribution < -0.4 is 10.6 Å². The molecule has 1 heterocycles. The first-order valence-electron chi connectivity index (χ1n) is 7.95. The highest BCUT2D eigenvalue weighted by Gasteiger charge is 2.18. The van der Waals surface area contributed by atoms with Crippen LogP contribution in [-0.4, -0.2) is 42.8 Å². The quantitative estimate of drug-likeness (QED) is 0.852. The van der Waals surface area contributed by atoms with E-state index in [4.69, 9.17) is 0 Å². The smallest absolute Gasteiger partial charge is 0.251 e. The van der Waals surface area contributed by atoms with Gasteiger partial charge < -0.3 is 15.5 Å². The second kappa shape index (κ2) is 8.31. The zero-order chi connectivity index (χ0) is 16.7. The Bertz CT molecular complexity index is 569. The van der Waals surface area contributed by atoms with Gasteiger partial charge in [0.2, 0.25) is 11.8 Å². The van der Waals surface area contributed by atoms with Crippen molar-refractivity contribution in [1.82, 2.24) is 15.5 Å². The molecule has 0 saturated carbocycles. The summed E-state index contributed by atoms with van der Waals surface area (Å²) in [5.41, 5.74) is 1.49. The fraction of sp³-hybridized carbons (Fsp3) is 0.471. The second-order valence-electron chi connectivity index (χ2n) is 5.68. The average molecular weight is 317 g/mol. The summed E-state index contributed by atoms with van der Waals surface area (Å²) in [7, 11) is 1.58. The SMILES string of the molecule is CNC(=O)c1ccc(CNC(=O)CN2CCCCCC2=O)cc1. The highest BCUT2D eigenvalue weighted by atomic mass is 16.2. The number of carbonyl (C=O) groups excluding carboxylic acids is 3. The molecule has 0 bridgehead atoms. The summed E-state index contributed by atoms with van der Waals surface area (Å²) in [4.78, 5) is 36.9. The maximum absolute atomic E-state index is 12.0. The predicted octanol–water partition coefficient (Wildman–Crippen LogP) is 1.06. The highest BCUT2D eigenvalue weighted by Crippen LogP contribution is 2.10. The molecule has 1 aliphatic heterocycles. The van der Waals surface area contributed by atoms with E-state index in [-0.39, 0.29) is 24.3 Å². The maximum atomic E-state index is 12.0. The topological polar surface area (TPSA) is 78.5 Å². The third-order valence-electron chi connectivity index (χ3n) is 3.94. The lowest BCUT2D eigenvalue weighted by molar-refractivity contribution is -0.135. The Morgan fingerprint density at radius 1 is 1.13 bits per heavy atom. The number of nitrogens with zero attached hydrogens (tertiary/aromatic N) is 1. The molecule has 1 aliphatic rings. The average Bonchev–Trinajstić information content (AvgIpc) is 2.77. The largest absolute Gasteiger partial charge is 0.355 e. The van der Waals surface area contributed by atoms with Crippen molar-refractivity contribution in [1.29, 1.82) is 0 Å². The van der Waals surface area contributed by atoms with E-state index in [2.05, 4.69) is 10.6 Å². The van der Waals surface area contributed by atoms with E-state index in [9.17, 15) is 14.4 Å². The van der Waals surface area contributed by atoms with Gasteiger partial charge in [0.05, 0.1) is 6.54 Å². The van der Waals surface area contributed by atoms with E-state index in [0.29, 0.717) is 25.1 Å². The van der Waals surface area contributed by atoms with Gasteiger partial charge in [0.15, 0.2) is 0 Å². The van der Waals surface area contributed by atoms with Crippen molar-refractivity contribution >= 4 is 17.7 Å². The molecule has 3 amide bonds. The molecule has 0 radical (unpaired) electrons. The highest BCUT2D eigenvalue weighted by molar-refractivity contribution is 5.94. The number of nitrogens with one attached hydrogen (secondary N) is 2. The van der Waals surface area contributed by atoms with Crippen molar-refractivity contribution in [3.8, 4) is 0 Å². The van der Waals surface area contributed by atoms with Crippen molar-refractivity contribution in [3.63, 3.8) is 0 Å². The molecule has 6 nitrogen and oxygen atoms in total. The molecule has 1 aromatic carbocycles. The maximum Gasteiger partial charge on any atom is 0.251 e. The van der Waals surface area contributed by atoms with Crippen molar-refractivity contribution in [2.24, 2.45) is 0 Å². The van der Waals surface area contributed by atoms with E-state index < -0.39 is 0 Å². The molecule has 124 valence electrons. The predicted molar refractivity (Wildman–Crippen MR) is 86.7 cm³/mol. The molecule has 6 heteroatoms. The molecule has 0 unspecified atom stereocenters. The van der Waals surface area contributed by atoms with E-state index in [1.165, 1.54) is 0 Å². The van der Waals surface area contributed by atoms with Gasteiger partial charge in [-0.3, -0.25) is 14.4 Å². The van der Waals surface area contributed by atoms with E-state index in [0.717, 1.165) is 24.8 Å². The van der Waals surface area contributed by atoms with Crippen molar-refractivity contribution in [2.45, 2.75) is 32.2 Å². The van der Waals surface area contributed by atoms with Crippen molar-refractivity contribution < 1.29 is 14.4 Å². The normalized spacial score (nSPS) is 15.0. The number of hydrogen-bond donors (Lipinski definition) is 2. The van der Waals surface area contributed by atoms with Crippen molar-refractivity contribution in [3.05, 3.63) is 35.4 Å². The molecule has 1 fully saturated rings. The molecule has 0 spiro atoms. The van der Waals surface area contributed by atoms with Crippen LogP contribution in [0.3, 0.4) is 0 Å². The van der Waals surface area contributed by atoms with Crippen LogP contribution in [0.1, 0.15) is 41.6 Å². The van der Waals surface area contributed by atoms with Crippen molar-refractivity contribution in [2.75, 3.05) is 20.1 Å². The first-order valence-corrected chi connectivity index (χ1v) is 7.95. The lowest BCUT2D eigenvalue weighted by Crippen LogP contribution is -2.40. The molecule has 2 rings (SSSR count). The van der Waals surface area contributed by atoms with Gasteiger partial charge in [0.25, 0.3) is 5.91 Å². The van der Waals surface area contributed by atoms with E-state index in [1.807, 2.05) is 12.1 Å². The summed E-state index contributed by atoms with van der Waals surface area (Å²) >= 11 is 0. The molecule has 2 N–H and O–H groups in total. The lowest BCUT2D eigenvalue weighted by Gasteiger charge is -2.19. The summed E-state index contributed by atoms with van der Waals surface area (Å²) in [6.45, 7) is 1.16. The minimum Gasteiger partial charge on any atom is -0.355 e. The monoisotopic (exact) mass is 317 g/mol. The van der Waals surface area contributed by atoms with E-state index >= 15 is 0 Å². The van der Waals surface area contributed by atoms with Gasteiger partial charge in [-0.1, -0.05) is 18.6 Å². The standard InChI is InChI=1S/C17H23N3O3/c1-18-17(23)14-8-6-13(7-9-14)11-19-15(21)12-20-10-4-2-3-5-16(20)22/h6-9H,2-5,10-12H2,1H3,(H,18,23)(H,19,21). The number of amides is 3. The summed E-state index contributed by atoms with van der Waals surface area (Å²) < 4.78 is 0. The van der Waals surface area contributed by atoms with Crippen LogP contribution in [0.5, 0.6) is 0 Å². The second-order valence-corrected chi connectivity index (χ2v) is 5.68. The summed E-state index contributed by atoms with van der Waals surface area (Å²) in [6.07, 6.45) is 3.45. The summed E-state index contributed by atoms with van der Waals surface area (Å²) in [5, 5.41) is 5.38. The lowest BCUT2D eigenvalue weighted by atomic mass is 10.1. The summed E-state index contributed by atoms with van der Waals surface area (Å²) in [5.74, 6) is -0.233. The van der Waals surface area contributed by atoms with Gasteiger partial charge in [0, 0.05) is 32.1 Å². The molecule has 1 saturated heterocycles. The Balaban J connectivity index is 1.81. The minimum atomic E-state index is -0.157. The summed E-state index contributed by atoms with van der Waals surface area (Å²) in [6, 6.07) is 7.06. The molecular weight excluding hydrogens is 294 g/mol. The fourth-order valence-corrected chi connectivity index (χ4v) is 2.55. The Kier molecular flexibility index (Phi) is 6.14. The number of rotatable bonds is 5.